The Morgan fingerprint density at radius 1 is 1.08 bits per heavy atom. The molecule has 0 aromatic heterocycles. The summed E-state index contributed by atoms with van der Waals surface area (Å²) in [5.74, 6) is -0.190. The van der Waals surface area contributed by atoms with Crippen LogP contribution in [0.5, 0.6) is 0 Å². The lowest BCUT2D eigenvalue weighted by molar-refractivity contribution is 0.0940. The molecule has 0 bridgehead atoms. The molecule has 2 rings (SSSR count). The first kappa shape index (κ1) is 20.0. The van der Waals surface area contributed by atoms with E-state index in [4.69, 9.17) is 0 Å². The number of hydrogen-bond acceptors (Lipinski definition) is 3. The highest BCUT2D eigenvalue weighted by Crippen LogP contribution is 2.20. The van der Waals surface area contributed by atoms with Gasteiger partial charge in [-0.3, -0.25) is 9.10 Å². The van der Waals surface area contributed by atoms with Crippen molar-refractivity contribution in [3.05, 3.63) is 64.7 Å². The molecular weight excluding hydrogens is 348 g/mol. The van der Waals surface area contributed by atoms with Gasteiger partial charge < -0.3 is 5.32 Å². The fourth-order valence-corrected chi connectivity index (χ4v) is 3.76. The molecule has 2 aromatic carbocycles. The maximum Gasteiger partial charge on any atom is 0.251 e. The first-order valence-corrected chi connectivity index (χ1v) is 10.4. The summed E-state index contributed by atoms with van der Waals surface area (Å²) in [5, 5.41) is 2.98. The summed E-state index contributed by atoms with van der Waals surface area (Å²) in [5.41, 5.74) is 4.50. The second-order valence-corrected chi connectivity index (χ2v) is 8.42. The molecular formula is C20H26N2O3S. The van der Waals surface area contributed by atoms with Gasteiger partial charge in [0.05, 0.1) is 18.0 Å². The predicted octanol–water partition coefficient (Wildman–Crippen LogP) is 3.58. The number of hydrogen-bond donors (Lipinski definition) is 1. The molecule has 0 saturated carbocycles. The van der Waals surface area contributed by atoms with Gasteiger partial charge in [0.25, 0.3) is 5.91 Å². The number of carbonyl (C=O) groups excluding carboxylic acids is 1. The van der Waals surface area contributed by atoms with E-state index in [0.717, 1.165) is 5.56 Å². The maximum absolute atomic E-state index is 12.5. The lowest BCUT2D eigenvalue weighted by Gasteiger charge is -2.21. The Morgan fingerprint density at radius 3 is 2.19 bits per heavy atom. The zero-order chi connectivity index (χ0) is 19.5. The van der Waals surface area contributed by atoms with E-state index in [2.05, 4.69) is 18.3 Å². The molecule has 0 saturated heterocycles. The number of benzene rings is 2. The van der Waals surface area contributed by atoms with E-state index in [-0.39, 0.29) is 11.9 Å². The summed E-state index contributed by atoms with van der Waals surface area (Å²) in [4.78, 5) is 12.5. The van der Waals surface area contributed by atoms with Gasteiger partial charge in [-0.15, -0.1) is 0 Å². The van der Waals surface area contributed by atoms with Gasteiger partial charge in [-0.1, -0.05) is 18.2 Å². The molecule has 0 aliphatic rings. The van der Waals surface area contributed by atoms with E-state index < -0.39 is 10.0 Å². The molecule has 1 amide bonds. The van der Waals surface area contributed by atoms with E-state index in [1.54, 1.807) is 31.2 Å². The average molecular weight is 375 g/mol. The molecule has 26 heavy (non-hydrogen) atoms. The third-order valence-electron chi connectivity index (χ3n) is 4.48. The monoisotopic (exact) mass is 374 g/mol. The normalized spacial score (nSPS) is 12.5. The highest BCUT2D eigenvalue weighted by Gasteiger charge is 2.16. The number of nitrogens with zero attached hydrogens (tertiary/aromatic N) is 1. The molecule has 5 nitrogen and oxygen atoms in total. The van der Waals surface area contributed by atoms with Crippen LogP contribution in [0.1, 0.15) is 46.9 Å². The molecule has 0 fully saturated rings. The van der Waals surface area contributed by atoms with Gasteiger partial charge in [0.2, 0.25) is 10.0 Å². The van der Waals surface area contributed by atoms with Crippen molar-refractivity contribution < 1.29 is 13.2 Å². The quantitative estimate of drug-likeness (QED) is 0.840. The van der Waals surface area contributed by atoms with Crippen LogP contribution < -0.4 is 9.62 Å². The maximum atomic E-state index is 12.5. The molecule has 0 aliphatic heterocycles. The van der Waals surface area contributed by atoms with Crippen molar-refractivity contribution in [1.82, 2.24) is 5.32 Å². The molecule has 6 heteroatoms. The van der Waals surface area contributed by atoms with Gasteiger partial charge in [-0.2, -0.15) is 0 Å². The van der Waals surface area contributed by atoms with Crippen molar-refractivity contribution in [2.45, 2.75) is 33.7 Å². The smallest absolute Gasteiger partial charge is 0.251 e. The summed E-state index contributed by atoms with van der Waals surface area (Å²) < 4.78 is 24.9. The minimum Gasteiger partial charge on any atom is -0.346 e. The summed E-state index contributed by atoms with van der Waals surface area (Å²) >= 11 is 0. The first-order chi connectivity index (χ1) is 12.1. The molecule has 1 atom stereocenters. The number of rotatable bonds is 6. The Hall–Kier alpha value is -2.34. The second kappa shape index (κ2) is 7.91. The third-order valence-corrected chi connectivity index (χ3v) is 5.75. The molecule has 0 heterocycles. The Balaban J connectivity index is 2.13. The Kier molecular flexibility index (Phi) is 6.08. The zero-order valence-electron chi connectivity index (χ0n) is 15.9. The molecule has 0 radical (unpaired) electrons. The minimum atomic E-state index is -3.33. The number of anilines is 1. The van der Waals surface area contributed by atoms with Crippen LogP contribution in [0.2, 0.25) is 0 Å². The fourth-order valence-electron chi connectivity index (χ4n) is 2.78. The van der Waals surface area contributed by atoms with Crippen LogP contribution in [0.3, 0.4) is 0 Å². The van der Waals surface area contributed by atoms with Crippen molar-refractivity contribution in [1.29, 1.82) is 0 Å². The summed E-state index contributed by atoms with van der Waals surface area (Å²) in [6.45, 7) is 8.16. The van der Waals surface area contributed by atoms with Crippen LogP contribution >= 0.6 is 0 Å². The fraction of sp³-hybridized carbons (Fsp3) is 0.350. The van der Waals surface area contributed by atoms with E-state index >= 15 is 0 Å². The first-order valence-electron chi connectivity index (χ1n) is 8.59. The van der Waals surface area contributed by atoms with Crippen LogP contribution in [0.4, 0.5) is 5.69 Å². The van der Waals surface area contributed by atoms with Crippen LogP contribution in [0.25, 0.3) is 0 Å². The van der Waals surface area contributed by atoms with Crippen LogP contribution in [0, 0.1) is 13.8 Å². The van der Waals surface area contributed by atoms with Crippen LogP contribution in [-0.4, -0.2) is 27.1 Å². The molecule has 2 aromatic rings. The lowest BCUT2D eigenvalue weighted by Crippen LogP contribution is -2.29. The largest absolute Gasteiger partial charge is 0.346 e. The molecule has 0 aliphatic carbocycles. The summed E-state index contributed by atoms with van der Waals surface area (Å²) in [7, 11) is -3.33. The highest BCUT2D eigenvalue weighted by atomic mass is 32.2. The highest BCUT2D eigenvalue weighted by molar-refractivity contribution is 7.92. The molecule has 1 N–H and O–H groups in total. The van der Waals surface area contributed by atoms with Crippen molar-refractivity contribution in [3.8, 4) is 0 Å². The Morgan fingerprint density at radius 2 is 1.69 bits per heavy atom. The summed E-state index contributed by atoms with van der Waals surface area (Å²) in [6, 6.07) is 12.6. The van der Waals surface area contributed by atoms with Gasteiger partial charge in [0, 0.05) is 12.1 Å². The van der Waals surface area contributed by atoms with Crippen molar-refractivity contribution in [2.24, 2.45) is 0 Å². The van der Waals surface area contributed by atoms with Gasteiger partial charge in [0.1, 0.15) is 0 Å². The Bertz CT molecular complexity index is 890. The van der Waals surface area contributed by atoms with Crippen molar-refractivity contribution >= 4 is 21.6 Å². The van der Waals surface area contributed by atoms with E-state index in [9.17, 15) is 13.2 Å². The number of amides is 1. The lowest BCUT2D eigenvalue weighted by atomic mass is 10.0. The van der Waals surface area contributed by atoms with Crippen molar-refractivity contribution in [2.75, 3.05) is 17.1 Å². The number of sulfonamides is 1. The van der Waals surface area contributed by atoms with E-state index in [1.165, 1.54) is 21.7 Å². The number of aryl methyl sites for hydroxylation is 2. The van der Waals surface area contributed by atoms with Gasteiger partial charge in [-0.05, 0) is 68.7 Å². The molecule has 0 unspecified atom stereocenters. The third kappa shape index (κ3) is 4.64. The number of nitrogens with one attached hydrogen (secondary N) is 1. The standard InChI is InChI=1S/C20H26N2O3S/c1-6-22(26(5,24)25)19-11-9-17(10-12-19)20(23)21-16(4)18-8-7-14(2)15(3)13-18/h7-13,16H,6H2,1-5H3,(H,21,23)/t16-/m0/s1. The van der Waals surface area contributed by atoms with Gasteiger partial charge in [0.15, 0.2) is 0 Å². The van der Waals surface area contributed by atoms with Crippen LogP contribution in [0.15, 0.2) is 42.5 Å². The number of carbonyl (C=O) groups is 1. The molecule has 140 valence electrons. The van der Waals surface area contributed by atoms with E-state index in [0.29, 0.717) is 17.8 Å². The second-order valence-electron chi connectivity index (χ2n) is 6.51. The SMILES string of the molecule is CCN(c1ccc(C(=O)N[C@@H](C)c2ccc(C)c(C)c2)cc1)S(C)(=O)=O. The minimum absolute atomic E-state index is 0.121. The van der Waals surface area contributed by atoms with Gasteiger partial charge in [-0.25, -0.2) is 8.42 Å². The summed E-state index contributed by atoms with van der Waals surface area (Å²) in [6.07, 6.45) is 1.17. The Labute approximate surface area is 156 Å². The van der Waals surface area contributed by atoms with Gasteiger partial charge >= 0.3 is 0 Å². The van der Waals surface area contributed by atoms with E-state index in [1.807, 2.05) is 26.0 Å². The topological polar surface area (TPSA) is 66.5 Å². The van der Waals surface area contributed by atoms with Crippen LogP contribution in [-0.2, 0) is 10.0 Å². The molecule has 0 spiro atoms. The zero-order valence-corrected chi connectivity index (χ0v) is 16.7. The van der Waals surface area contributed by atoms with Crippen molar-refractivity contribution in [3.63, 3.8) is 0 Å². The predicted molar refractivity (Wildman–Crippen MR) is 106 cm³/mol. The average Bonchev–Trinajstić information content (AvgIpc) is 2.57.